The van der Waals surface area contributed by atoms with Gasteiger partial charge in [-0.2, -0.15) is 0 Å². The van der Waals surface area contributed by atoms with Gasteiger partial charge in [0.15, 0.2) is 0 Å². The lowest BCUT2D eigenvalue weighted by atomic mass is 9.96. The third kappa shape index (κ3) is 2.95. The average molecular weight is 327 g/mol. The lowest BCUT2D eigenvalue weighted by molar-refractivity contribution is 0.214. The molecular weight excluding hydrogens is 311 g/mol. The maximum atomic E-state index is 10.7. The molecule has 1 N–H and O–H groups in total. The molecular formula is C16H16Cl2O3. The Hall–Kier alpha value is -1.42. The van der Waals surface area contributed by atoms with Crippen molar-refractivity contribution in [2.24, 2.45) is 0 Å². The van der Waals surface area contributed by atoms with Crippen molar-refractivity contribution in [2.75, 3.05) is 14.2 Å². The Bertz CT molecular complexity index is 656. The van der Waals surface area contributed by atoms with Crippen molar-refractivity contribution in [3.05, 3.63) is 57.1 Å². The summed E-state index contributed by atoms with van der Waals surface area (Å²) in [7, 11) is 3.03. The van der Waals surface area contributed by atoms with Crippen LogP contribution >= 0.6 is 23.2 Å². The summed E-state index contributed by atoms with van der Waals surface area (Å²) in [5.74, 6) is 0.884. The summed E-state index contributed by atoms with van der Waals surface area (Å²) in [6, 6.07) is 8.83. The number of hydrogen-bond acceptors (Lipinski definition) is 3. The quantitative estimate of drug-likeness (QED) is 0.904. The number of benzene rings is 2. The van der Waals surface area contributed by atoms with Gasteiger partial charge in [-0.15, -0.1) is 0 Å². The number of halogens is 2. The van der Waals surface area contributed by atoms with Crippen molar-refractivity contribution in [1.82, 2.24) is 0 Å². The maximum Gasteiger partial charge on any atom is 0.147 e. The Balaban J connectivity index is 2.56. The smallest absolute Gasteiger partial charge is 0.147 e. The molecule has 0 aromatic heterocycles. The van der Waals surface area contributed by atoms with Gasteiger partial charge in [0.05, 0.1) is 14.2 Å². The maximum absolute atomic E-state index is 10.7. The van der Waals surface area contributed by atoms with Crippen molar-refractivity contribution in [3.63, 3.8) is 0 Å². The van der Waals surface area contributed by atoms with Gasteiger partial charge in [0.2, 0.25) is 0 Å². The van der Waals surface area contributed by atoms with Gasteiger partial charge >= 0.3 is 0 Å². The van der Waals surface area contributed by atoms with Gasteiger partial charge in [0.25, 0.3) is 0 Å². The van der Waals surface area contributed by atoms with Crippen molar-refractivity contribution in [2.45, 2.75) is 13.0 Å². The topological polar surface area (TPSA) is 38.7 Å². The third-order valence-electron chi connectivity index (χ3n) is 3.41. The first-order valence-electron chi connectivity index (χ1n) is 6.34. The van der Waals surface area contributed by atoms with Crippen LogP contribution in [0, 0.1) is 6.92 Å². The second-order valence-electron chi connectivity index (χ2n) is 4.56. The van der Waals surface area contributed by atoms with Crippen molar-refractivity contribution < 1.29 is 14.6 Å². The molecule has 0 aliphatic heterocycles. The Morgan fingerprint density at radius 3 is 2.33 bits per heavy atom. The molecule has 1 unspecified atom stereocenters. The first kappa shape index (κ1) is 16.0. The molecule has 0 fully saturated rings. The van der Waals surface area contributed by atoms with E-state index < -0.39 is 6.10 Å². The van der Waals surface area contributed by atoms with E-state index in [-0.39, 0.29) is 0 Å². The standard InChI is InChI=1S/C16H16Cl2O3/c1-9-10(5-4-6-12(9)17)15(19)11-7-8-13(20-2)14(18)16(11)21-3/h4-8,15,19H,1-3H3. The SMILES string of the molecule is COc1ccc(C(O)c2cccc(Cl)c2C)c(OC)c1Cl. The van der Waals surface area contributed by atoms with Gasteiger partial charge in [0, 0.05) is 10.6 Å². The van der Waals surface area contributed by atoms with E-state index in [4.69, 9.17) is 32.7 Å². The van der Waals surface area contributed by atoms with E-state index in [0.717, 1.165) is 5.56 Å². The van der Waals surface area contributed by atoms with Crippen molar-refractivity contribution in [3.8, 4) is 11.5 Å². The summed E-state index contributed by atoms with van der Waals surface area (Å²) in [5, 5.41) is 11.6. The lowest BCUT2D eigenvalue weighted by Gasteiger charge is -2.19. The van der Waals surface area contributed by atoms with Crippen LogP contribution in [-0.4, -0.2) is 19.3 Å². The first-order chi connectivity index (χ1) is 10.0. The fourth-order valence-electron chi connectivity index (χ4n) is 2.22. The molecule has 112 valence electrons. The van der Waals surface area contributed by atoms with E-state index in [9.17, 15) is 5.11 Å². The van der Waals surface area contributed by atoms with Gasteiger partial charge in [-0.1, -0.05) is 35.3 Å². The molecule has 0 saturated heterocycles. The summed E-state index contributed by atoms with van der Waals surface area (Å²) < 4.78 is 10.5. The molecule has 2 aromatic rings. The normalized spacial score (nSPS) is 12.1. The summed E-state index contributed by atoms with van der Waals surface area (Å²) >= 11 is 12.3. The highest BCUT2D eigenvalue weighted by atomic mass is 35.5. The summed E-state index contributed by atoms with van der Waals surface area (Å²) in [6.45, 7) is 1.86. The Morgan fingerprint density at radius 2 is 1.71 bits per heavy atom. The fourth-order valence-corrected chi connectivity index (χ4v) is 2.73. The lowest BCUT2D eigenvalue weighted by Crippen LogP contribution is -2.05. The molecule has 21 heavy (non-hydrogen) atoms. The molecule has 0 spiro atoms. The Labute approximate surface area is 134 Å². The summed E-state index contributed by atoms with van der Waals surface area (Å²) in [5.41, 5.74) is 2.09. The van der Waals surface area contributed by atoms with E-state index in [1.54, 1.807) is 24.3 Å². The predicted molar refractivity (Wildman–Crippen MR) is 84.8 cm³/mol. The van der Waals surface area contributed by atoms with Crippen LogP contribution in [0.25, 0.3) is 0 Å². The number of hydrogen-bond donors (Lipinski definition) is 1. The Kier molecular flexibility index (Phi) is 4.99. The number of ether oxygens (including phenoxy) is 2. The first-order valence-corrected chi connectivity index (χ1v) is 7.10. The van der Waals surface area contributed by atoms with Gasteiger partial charge in [-0.3, -0.25) is 0 Å². The zero-order chi connectivity index (χ0) is 15.6. The van der Waals surface area contributed by atoms with E-state index >= 15 is 0 Å². The van der Waals surface area contributed by atoms with Crippen LogP contribution in [0.1, 0.15) is 22.8 Å². The molecule has 0 radical (unpaired) electrons. The molecule has 0 amide bonds. The molecule has 1 atom stereocenters. The molecule has 0 heterocycles. The molecule has 2 rings (SSSR count). The molecule has 0 aliphatic carbocycles. The monoisotopic (exact) mass is 326 g/mol. The van der Waals surface area contributed by atoms with Crippen LogP contribution in [0.5, 0.6) is 11.5 Å². The minimum absolute atomic E-state index is 0.330. The van der Waals surface area contributed by atoms with Crippen LogP contribution in [-0.2, 0) is 0 Å². The third-order valence-corrected chi connectivity index (χ3v) is 4.18. The second-order valence-corrected chi connectivity index (χ2v) is 5.35. The van der Waals surface area contributed by atoms with Crippen LogP contribution in [0.4, 0.5) is 0 Å². The van der Waals surface area contributed by atoms with E-state index in [2.05, 4.69) is 0 Å². The summed E-state index contributed by atoms with van der Waals surface area (Å²) in [6.07, 6.45) is -0.887. The zero-order valence-corrected chi connectivity index (χ0v) is 13.5. The largest absolute Gasteiger partial charge is 0.495 e. The second kappa shape index (κ2) is 6.56. The van der Waals surface area contributed by atoms with Gasteiger partial charge in [0.1, 0.15) is 22.6 Å². The van der Waals surface area contributed by atoms with E-state index in [1.165, 1.54) is 14.2 Å². The Morgan fingerprint density at radius 1 is 1.00 bits per heavy atom. The van der Waals surface area contributed by atoms with Gasteiger partial charge < -0.3 is 14.6 Å². The minimum atomic E-state index is -0.887. The number of aliphatic hydroxyl groups is 1. The minimum Gasteiger partial charge on any atom is -0.495 e. The van der Waals surface area contributed by atoms with E-state index in [1.807, 2.05) is 13.0 Å². The molecule has 2 aromatic carbocycles. The molecule has 0 aliphatic rings. The molecule has 0 bridgehead atoms. The van der Waals surface area contributed by atoms with Gasteiger partial charge in [-0.05, 0) is 36.2 Å². The van der Waals surface area contributed by atoms with Crippen LogP contribution in [0.15, 0.2) is 30.3 Å². The van der Waals surface area contributed by atoms with E-state index in [0.29, 0.717) is 32.7 Å². The highest BCUT2D eigenvalue weighted by molar-refractivity contribution is 6.33. The molecule has 0 saturated carbocycles. The van der Waals surface area contributed by atoms with Crippen molar-refractivity contribution in [1.29, 1.82) is 0 Å². The summed E-state index contributed by atoms with van der Waals surface area (Å²) in [4.78, 5) is 0. The fraction of sp³-hybridized carbons (Fsp3) is 0.250. The number of aliphatic hydroxyl groups excluding tert-OH is 1. The molecule has 3 nitrogen and oxygen atoms in total. The average Bonchev–Trinajstić information content (AvgIpc) is 2.49. The zero-order valence-electron chi connectivity index (χ0n) is 12.0. The highest BCUT2D eigenvalue weighted by Crippen LogP contribution is 2.41. The van der Waals surface area contributed by atoms with Crippen LogP contribution in [0.2, 0.25) is 10.0 Å². The highest BCUT2D eigenvalue weighted by Gasteiger charge is 2.22. The van der Waals surface area contributed by atoms with Gasteiger partial charge in [-0.25, -0.2) is 0 Å². The van der Waals surface area contributed by atoms with Crippen LogP contribution in [0.3, 0.4) is 0 Å². The molecule has 5 heteroatoms. The van der Waals surface area contributed by atoms with Crippen LogP contribution < -0.4 is 9.47 Å². The predicted octanol–water partition coefficient (Wildman–Crippen LogP) is 4.40. The number of methoxy groups -OCH3 is 2. The number of rotatable bonds is 4. The van der Waals surface area contributed by atoms with Crippen molar-refractivity contribution >= 4 is 23.2 Å².